The normalized spacial score (nSPS) is 12.2. The van der Waals surface area contributed by atoms with Crippen LogP contribution in [0.25, 0.3) is 10.8 Å². The van der Waals surface area contributed by atoms with Crippen LogP contribution in [0.1, 0.15) is 25.8 Å². The summed E-state index contributed by atoms with van der Waals surface area (Å²) in [4.78, 5) is 1.25. The van der Waals surface area contributed by atoms with Crippen molar-refractivity contribution in [1.29, 1.82) is 0 Å². The van der Waals surface area contributed by atoms with Crippen LogP contribution < -0.4 is 5.73 Å². The molecule has 0 amide bonds. The van der Waals surface area contributed by atoms with Gasteiger partial charge in [0, 0.05) is 10.5 Å². The van der Waals surface area contributed by atoms with Gasteiger partial charge in [0.05, 0.1) is 0 Å². The minimum Gasteiger partial charge on any atom is -0.409 e. The zero-order chi connectivity index (χ0) is 14.5. The Bertz CT molecular complexity index is 623. The zero-order valence-electron chi connectivity index (χ0n) is 11.8. The van der Waals surface area contributed by atoms with Gasteiger partial charge in [0.1, 0.15) is 0 Å². The number of hydrogen-bond donors (Lipinski definition) is 2. The maximum atomic E-state index is 8.88. The molecule has 106 valence electrons. The summed E-state index contributed by atoms with van der Waals surface area (Å²) in [5, 5.41) is 14.2. The van der Waals surface area contributed by atoms with Gasteiger partial charge in [-0.15, -0.1) is 11.8 Å². The van der Waals surface area contributed by atoms with Crippen LogP contribution in [0.4, 0.5) is 0 Å². The predicted octanol–water partition coefficient (Wildman–Crippen LogP) is 4.07. The Morgan fingerprint density at radius 3 is 2.55 bits per heavy atom. The number of benzene rings is 2. The van der Waals surface area contributed by atoms with Crippen molar-refractivity contribution in [3.8, 4) is 0 Å². The lowest BCUT2D eigenvalue weighted by molar-refractivity contribution is 0.318. The van der Waals surface area contributed by atoms with Crippen molar-refractivity contribution < 1.29 is 5.21 Å². The average Bonchev–Trinajstić information content (AvgIpc) is 2.46. The molecule has 0 heterocycles. The van der Waals surface area contributed by atoms with E-state index in [9.17, 15) is 0 Å². The van der Waals surface area contributed by atoms with Gasteiger partial charge in [0.15, 0.2) is 5.84 Å². The molecule has 4 heteroatoms. The van der Waals surface area contributed by atoms with Gasteiger partial charge in [0.2, 0.25) is 0 Å². The first kappa shape index (κ1) is 14.7. The molecule has 2 aromatic rings. The number of nitrogens with zero attached hydrogens (tertiary/aromatic N) is 1. The van der Waals surface area contributed by atoms with Crippen LogP contribution >= 0.6 is 11.8 Å². The highest BCUT2D eigenvalue weighted by Crippen LogP contribution is 2.31. The van der Waals surface area contributed by atoms with Crippen LogP contribution in [0, 0.1) is 5.92 Å². The molecule has 0 fully saturated rings. The number of oxime groups is 1. The average molecular weight is 288 g/mol. The zero-order valence-corrected chi connectivity index (χ0v) is 12.7. The second-order valence-electron chi connectivity index (χ2n) is 5.17. The van der Waals surface area contributed by atoms with Crippen molar-refractivity contribution in [1.82, 2.24) is 0 Å². The Labute approximate surface area is 123 Å². The summed E-state index contributed by atoms with van der Waals surface area (Å²) < 4.78 is 0. The smallest absolute Gasteiger partial charge is 0.170 e. The van der Waals surface area contributed by atoms with E-state index in [1.54, 1.807) is 0 Å². The summed E-state index contributed by atoms with van der Waals surface area (Å²) in [6.07, 6.45) is 1.20. The first-order chi connectivity index (χ1) is 9.63. The van der Waals surface area contributed by atoms with Crippen molar-refractivity contribution in [3.63, 3.8) is 0 Å². The minimum atomic E-state index is 0.153. The summed E-state index contributed by atoms with van der Waals surface area (Å²) >= 11 is 1.86. The standard InChI is InChI=1S/C16H20N2OS/c1-11(2)9-10-20-15-8-7-14(16(17)18-19)12-5-3-4-6-13(12)15/h3-8,11,19H,9-10H2,1-2H3,(H2,17,18). The second kappa shape index (κ2) is 6.66. The number of fused-ring (bicyclic) bond motifs is 1. The fourth-order valence-corrected chi connectivity index (χ4v) is 3.39. The van der Waals surface area contributed by atoms with E-state index < -0.39 is 0 Å². The number of nitrogens with two attached hydrogens (primary N) is 1. The third-order valence-corrected chi connectivity index (χ3v) is 4.33. The lowest BCUT2D eigenvalue weighted by Gasteiger charge is -2.11. The van der Waals surface area contributed by atoms with Crippen molar-refractivity contribution in [3.05, 3.63) is 42.0 Å². The lowest BCUT2D eigenvalue weighted by Crippen LogP contribution is -2.13. The molecule has 0 aliphatic heterocycles. The quantitative estimate of drug-likeness (QED) is 0.287. The Morgan fingerprint density at radius 2 is 1.90 bits per heavy atom. The second-order valence-corrected chi connectivity index (χ2v) is 6.31. The molecule has 0 aromatic heterocycles. The van der Waals surface area contributed by atoms with Crippen LogP contribution in [0.2, 0.25) is 0 Å². The van der Waals surface area contributed by atoms with E-state index in [2.05, 4.69) is 31.1 Å². The Hall–Kier alpha value is -1.68. The van der Waals surface area contributed by atoms with E-state index in [-0.39, 0.29) is 5.84 Å². The summed E-state index contributed by atoms with van der Waals surface area (Å²) in [6, 6.07) is 12.1. The molecule has 3 N–H and O–H groups in total. The third-order valence-electron chi connectivity index (χ3n) is 3.22. The van der Waals surface area contributed by atoms with Crippen molar-refractivity contribution in [2.24, 2.45) is 16.8 Å². The van der Waals surface area contributed by atoms with Crippen LogP contribution in [-0.4, -0.2) is 16.8 Å². The van der Waals surface area contributed by atoms with Crippen LogP contribution in [0.5, 0.6) is 0 Å². The van der Waals surface area contributed by atoms with Crippen molar-refractivity contribution in [2.45, 2.75) is 25.2 Å². The third kappa shape index (κ3) is 3.25. The molecule has 0 atom stereocenters. The Balaban J connectivity index is 2.38. The van der Waals surface area contributed by atoms with E-state index in [4.69, 9.17) is 10.9 Å². The monoisotopic (exact) mass is 288 g/mol. The number of hydrogen-bond acceptors (Lipinski definition) is 3. The van der Waals surface area contributed by atoms with Crippen LogP contribution in [-0.2, 0) is 0 Å². The first-order valence-electron chi connectivity index (χ1n) is 6.76. The van der Waals surface area contributed by atoms with Gasteiger partial charge < -0.3 is 10.9 Å². The van der Waals surface area contributed by atoms with Crippen LogP contribution in [0.15, 0.2) is 46.4 Å². The van der Waals surface area contributed by atoms with E-state index >= 15 is 0 Å². The van der Waals surface area contributed by atoms with E-state index in [0.717, 1.165) is 22.1 Å². The summed E-state index contributed by atoms with van der Waals surface area (Å²) in [5.74, 6) is 1.97. The molecule has 0 radical (unpaired) electrons. The molecular weight excluding hydrogens is 268 g/mol. The van der Waals surface area contributed by atoms with E-state index in [1.807, 2.05) is 36.0 Å². The molecule has 0 spiro atoms. The molecule has 20 heavy (non-hydrogen) atoms. The highest BCUT2D eigenvalue weighted by atomic mass is 32.2. The fraction of sp³-hybridized carbons (Fsp3) is 0.312. The van der Waals surface area contributed by atoms with E-state index in [0.29, 0.717) is 5.92 Å². The Kier molecular flexibility index (Phi) is 4.90. The van der Waals surface area contributed by atoms with E-state index in [1.165, 1.54) is 11.3 Å². The summed E-state index contributed by atoms with van der Waals surface area (Å²) in [5.41, 5.74) is 6.52. The SMILES string of the molecule is CC(C)CCSc1ccc(/C(N)=N/O)c2ccccc12. The molecule has 3 nitrogen and oxygen atoms in total. The highest BCUT2D eigenvalue weighted by Gasteiger charge is 2.09. The Morgan fingerprint density at radius 1 is 1.20 bits per heavy atom. The number of thioether (sulfide) groups is 1. The first-order valence-corrected chi connectivity index (χ1v) is 7.74. The number of amidine groups is 1. The molecule has 2 rings (SSSR count). The molecule has 0 saturated carbocycles. The maximum Gasteiger partial charge on any atom is 0.170 e. The minimum absolute atomic E-state index is 0.153. The van der Waals surface area contributed by atoms with Gasteiger partial charge in [-0.2, -0.15) is 0 Å². The van der Waals surface area contributed by atoms with Gasteiger partial charge in [0.25, 0.3) is 0 Å². The van der Waals surface area contributed by atoms with Gasteiger partial charge in [-0.1, -0.05) is 43.3 Å². The molecule has 2 aromatic carbocycles. The molecule has 0 aliphatic carbocycles. The molecule has 0 bridgehead atoms. The summed E-state index contributed by atoms with van der Waals surface area (Å²) in [7, 11) is 0. The largest absolute Gasteiger partial charge is 0.409 e. The van der Waals surface area contributed by atoms with Crippen LogP contribution in [0.3, 0.4) is 0 Å². The number of rotatable bonds is 5. The fourth-order valence-electron chi connectivity index (χ4n) is 2.08. The van der Waals surface area contributed by atoms with Gasteiger partial charge in [-0.25, -0.2) is 0 Å². The van der Waals surface area contributed by atoms with Crippen molar-refractivity contribution in [2.75, 3.05) is 5.75 Å². The van der Waals surface area contributed by atoms with Crippen molar-refractivity contribution >= 4 is 28.4 Å². The topological polar surface area (TPSA) is 58.6 Å². The highest BCUT2D eigenvalue weighted by molar-refractivity contribution is 7.99. The predicted molar refractivity (Wildman–Crippen MR) is 86.6 cm³/mol. The molecule has 0 saturated heterocycles. The van der Waals surface area contributed by atoms with Gasteiger partial charge >= 0.3 is 0 Å². The van der Waals surface area contributed by atoms with Gasteiger partial charge in [-0.3, -0.25) is 0 Å². The molecule has 0 aliphatic rings. The summed E-state index contributed by atoms with van der Waals surface area (Å²) in [6.45, 7) is 4.47. The van der Waals surface area contributed by atoms with Gasteiger partial charge in [-0.05, 0) is 41.0 Å². The molecular formula is C16H20N2OS. The maximum absolute atomic E-state index is 8.88. The lowest BCUT2D eigenvalue weighted by atomic mass is 10.0. The molecule has 0 unspecified atom stereocenters.